The molecule has 4 atom stereocenters. The van der Waals surface area contributed by atoms with Crippen LogP contribution in [0, 0.1) is 0 Å². The van der Waals surface area contributed by atoms with E-state index in [1.165, 1.54) is 12.1 Å². The maximum atomic E-state index is 10.4. The van der Waals surface area contributed by atoms with Crippen molar-refractivity contribution in [1.82, 2.24) is 9.80 Å². The van der Waals surface area contributed by atoms with Gasteiger partial charge >= 0.3 is 0 Å². The summed E-state index contributed by atoms with van der Waals surface area (Å²) in [6.07, 6.45) is -2.38. The summed E-state index contributed by atoms with van der Waals surface area (Å²) in [5.41, 5.74) is 0.973. The fourth-order valence-corrected chi connectivity index (χ4v) is 3.30. The normalized spacial score (nSPS) is 16.4. The van der Waals surface area contributed by atoms with Crippen LogP contribution in [0.25, 0.3) is 0 Å². The minimum atomic E-state index is -0.594. The van der Waals surface area contributed by atoms with Gasteiger partial charge in [0.2, 0.25) is 0 Å². The Morgan fingerprint density at radius 2 is 0.857 bits per heavy atom. The Hall–Kier alpha value is -1.42. The molecule has 28 heavy (non-hydrogen) atoms. The zero-order valence-electron chi connectivity index (χ0n) is 17.3. The molecular weight excluding hydrogens is 364 g/mol. The first-order valence-corrected chi connectivity index (χ1v) is 9.68. The highest BCUT2D eigenvalue weighted by Crippen LogP contribution is 2.29. The largest absolute Gasteiger partial charge is 0.508 e. The van der Waals surface area contributed by atoms with E-state index in [1.54, 1.807) is 37.5 Å². The van der Waals surface area contributed by atoms with Gasteiger partial charge in [0.1, 0.15) is 11.5 Å². The molecule has 0 aliphatic carbocycles. The second-order valence-corrected chi connectivity index (χ2v) is 7.89. The third kappa shape index (κ3) is 9.18. The van der Waals surface area contributed by atoms with Crippen LogP contribution in [0.1, 0.15) is 38.8 Å². The minimum absolute atomic E-state index is 0.00281. The third-order valence-electron chi connectivity index (χ3n) is 4.16. The molecule has 0 saturated carbocycles. The molecule has 0 spiro atoms. The van der Waals surface area contributed by atoms with Gasteiger partial charge < -0.3 is 30.6 Å². The van der Waals surface area contributed by atoms with Gasteiger partial charge in [0.05, 0.1) is 24.4 Å². The average molecular weight is 401 g/mol. The van der Waals surface area contributed by atoms with Crippen molar-refractivity contribution in [2.24, 2.45) is 0 Å². The van der Waals surface area contributed by atoms with E-state index in [0.717, 1.165) is 0 Å². The molecule has 0 bridgehead atoms. The summed E-state index contributed by atoms with van der Waals surface area (Å²) >= 11 is 0. The molecule has 0 amide bonds. The van der Waals surface area contributed by atoms with Crippen molar-refractivity contribution in [2.75, 3.05) is 26.2 Å². The van der Waals surface area contributed by atoms with Crippen molar-refractivity contribution in [3.8, 4) is 11.5 Å². The molecule has 0 radical (unpaired) electrons. The van der Waals surface area contributed by atoms with Crippen molar-refractivity contribution in [3.63, 3.8) is 0 Å². The van der Waals surface area contributed by atoms with Crippen molar-refractivity contribution in [2.45, 2.75) is 65.2 Å². The van der Waals surface area contributed by atoms with Gasteiger partial charge in [-0.15, -0.1) is 0 Å². The molecule has 0 fully saturated rings. The Morgan fingerprint density at radius 3 is 1.07 bits per heavy atom. The Bertz CT molecular complexity index is 521. The molecule has 0 aliphatic heterocycles. The van der Waals surface area contributed by atoms with E-state index in [-0.39, 0.29) is 24.6 Å². The van der Waals surface area contributed by atoms with E-state index >= 15 is 0 Å². The van der Waals surface area contributed by atoms with Crippen LogP contribution >= 0.6 is 0 Å². The number of aliphatic hydroxyl groups excluding tert-OH is 4. The minimum Gasteiger partial charge on any atom is -0.508 e. The summed E-state index contributed by atoms with van der Waals surface area (Å²) in [6.45, 7) is 8.41. The Balaban J connectivity index is 2.97. The summed E-state index contributed by atoms with van der Waals surface area (Å²) in [5.74, 6) is 0.00561. The van der Waals surface area contributed by atoms with Gasteiger partial charge in [-0.25, -0.2) is 0 Å². The van der Waals surface area contributed by atoms with E-state index < -0.39 is 24.4 Å². The second-order valence-electron chi connectivity index (χ2n) is 7.89. The highest BCUT2D eigenvalue weighted by Gasteiger charge is 2.18. The molecule has 1 aromatic rings. The van der Waals surface area contributed by atoms with Crippen LogP contribution in [-0.4, -0.2) is 91.0 Å². The summed E-state index contributed by atoms with van der Waals surface area (Å²) in [6, 6.07) is 2.95. The molecule has 162 valence electrons. The highest BCUT2D eigenvalue weighted by molar-refractivity contribution is 5.45. The van der Waals surface area contributed by atoms with Crippen molar-refractivity contribution in [3.05, 3.63) is 23.3 Å². The number of aromatic hydroxyl groups is 2. The lowest BCUT2D eigenvalue weighted by atomic mass is 10.1. The standard InChI is InChI=1S/C20H36N2O6/c1-13(23)7-21(8-14(2)24)11-17-5-20(28)18(6-19(17)27)12-22(9-15(3)25)10-16(4)26/h5-6,13-16,23-28H,7-12H2,1-4H3/t13-,14+,15-,16+. The Labute approximate surface area is 167 Å². The smallest absolute Gasteiger partial charge is 0.120 e. The van der Waals surface area contributed by atoms with E-state index in [9.17, 15) is 30.6 Å². The number of phenolic OH excluding ortho intramolecular Hbond substituents is 2. The predicted molar refractivity (Wildman–Crippen MR) is 107 cm³/mol. The van der Waals surface area contributed by atoms with E-state index in [4.69, 9.17) is 0 Å². The summed E-state index contributed by atoms with van der Waals surface area (Å²) in [7, 11) is 0. The lowest BCUT2D eigenvalue weighted by Crippen LogP contribution is -2.36. The maximum absolute atomic E-state index is 10.4. The number of hydrogen-bond acceptors (Lipinski definition) is 8. The number of hydrogen-bond donors (Lipinski definition) is 6. The van der Waals surface area contributed by atoms with Crippen LogP contribution in [-0.2, 0) is 13.1 Å². The molecular formula is C20H36N2O6. The second kappa shape index (κ2) is 11.5. The lowest BCUT2D eigenvalue weighted by Gasteiger charge is -2.27. The molecule has 1 aromatic carbocycles. The van der Waals surface area contributed by atoms with Crippen LogP contribution in [0.2, 0.25) is 0 Å². The van der Waals surface area contributed by atoms with Crippen LogP contribution in [0.15, 0.2) is 12.1 Å². The fourth-order valence-electron chi connectivity index (χ4n) is 3.30. The van der Waals surface area contributed by atoms with E-state index in [0.29, 0.717) is 37.3 Å². The number of phenols is 2. The molecule has 0 saturated heterocycles. The number of benzene rings is 1. The molecule has 0 heterocycles. The molecule has 0 aliphatic rings. The SMILES string of the molecule is C[C@H](O)CN(Cc1cc(O)c(CN(C[C@H](C)O)C[C@@H](C)O)cc1O)C[C@@H](C)O. The van der Waals surface area contributed by atoms with Crippen molar-refractivity contribution < 1.29 is 30.6 Å². The van der Waals surface area contributed by atoms with E-state index in [1.807, 2.05) is 0 Å². The van der Waals surface area contributed by atoms with Crippen LogP contribution in [0.3, 0.4) is 0 Å². The highest BCUT2D eigenvalue weighted by atomic mass is 16.3. The lowest BCUT2D eigenvalue weighted by molar-refractivity contribution is 0.0775. The van der Waals surface area contributed by atoms with Crippen LogP contribution < -0.4 is 0 Å². The molecule has 0 unspecified atom stereocenters. The zero-order valence-corrected chi connectivity index (χ0v) is 17.3. The van der Waals surface area contributed by atoms with Crippen LogP contribution in [0.5, 0.6) is 11.5 Å². The Morgan fingerprint density at radius 1 is 0.607 bits per heavy atom. The van der Waals surface area contributed by atoms with Crippen LogP contribution in [0.4, 0.5) is 0 Å². The van der Waals surface area contributed by atoms with Gasteiger partial charge in [-0.2, -0.15) is 0 Å². The molecule has 6 N–H and O–H groups in total. The Kier molecular flexibility index (Phi) is 10.2. The van der Waals surface area contributed by atoms with Gasteiger partial charge in [0.15, 0.2) is 0 Å². The van der Waals surface area contributed by atoms with Gasteiger partial charge in [-0.3, -0.25) is 9.80 Å². The number of nitrogens with zero attached hydrogens (tertiary/aromatic N) is 2. The van der Waals surface area contributed by atoms with Gasteiger partial charge in [0, 0.05) is 50.4 Å². The molecule has 1 rings (SSSR count). The van der Waals surface area contributed by atoms with Gasteiger partial charge in [-0.1, -0.05) is 0 Å². The summed E-state index contributed by atoms with van der Waals surface area (Å²) < 4.78 is 0. The van der Waals surface area contributed by atoms with Crippen molar-refractivity contribution in [1.29, 1.82) is 0 Å². The first kappa shape index (κ1) is 24.6. The average Bonchev–Trinajstić information content (AvgIpc) is 2.49. The first-order valence-electron chi connectivity index (χ1n) is 9.68. The van der Waals surface area contributed by atoms with Gasteiger partial charge in [0.25, 0.3) is 0 Å². The zero-order chi connectivity index (χ0) is 21.4. The quantitative estimate of drug-likeness (QED) is 0.275. The number of aliphatic hydroxyl groups is 4. The third-order valence-corrected chi connectivity index (χ3v) is 4.16. The maximum Gasteiger partial charge on any atom is 0.120 e. The summed E-state index contributed by atoms with van der Waals surface area (Å²) in [5, 5.41) is 59.4. The number of rotatable bonds is 12. The molecule has 0 aromatic heterocycles. The first-order chi connectivity index (χ1) is 13.0. The van der Waals surface area contributed by atoms with E-state index in [2.05, 4.69) is 0 Å². The molecule has 8 nitrogen and oxygen atoms in total. The van der Waals surface area contributed by atoms with Gasteiger partial charge in [-0.05, 0) is 39.8 Å². The van der Waals surface area contributed by atoms with Crippen molar-refractivity contribution >= 4 is 0 Å². The monoisotopic (exact) mass is 400 g/mol. The predicted octanol–water partition coefficient (Wildman–Crippen LogP) is 0.225. The summed E-state index contributed by atoms with van der Waals surface area (Å²) in [4.78, 5) is 3.60. The molecule has 8 heteroatoms. The fraction of sp³-hybridized carbons (Fsp3) is 0.700. The topological polar surface area (TPSA) is 128 Å².